The van der Waals surface area contributed by atoms with Crippen molar-refractivity contribution >= 4 is 21.5 Å². The fourth-order valence-electron chi connectivity index (χ4n) is 3.01. The van der Waals surface area contributed by atoms with Gasteiger partial charge < -0.3 is 0 Å². The van der Waals surface area contributed by atoms with E-state index < -0.39 is 0 Å². The summed E-state index contributed by atoms with van der Waals surface area (Å²) in [7, 11) is 2.11. The molecule has 0 fully saturated rings. The quantitative estimate of drug-likeness (QED) is 0.449. The summed E-state index contributed by atoms with van der Waals surface area (Å²) in [6, 6.07) is 25.9. The Hall–Kier alpha value is -2.67. The topological polar surface area (TPSA) is 3.88 Å². The van der Waals surface area contributed by atoms with Crippen LogP contribution in [-0.4, -0.2) is 0 Å². The van der Waals surface area contributed by atoms with Crippen molar-refractivity contribution in [1.82, 2.24) is 0 Å². The summed E-state index contributed by atoms with van der Waals surface area (Å²) in [5.74, 6) is 0. The largest absolute Gasteiger partial charge is 0.220 e. The number of hydrogen-bond acceptors (Lipinski definition) is 0. The molecule has 0 bridgehead atoms. The molecule has 0 N–H and O–H groups in total. The Kier molecular flexibility index (Phi) is 2.71. The van der Waals surface area contributed by atoms with E-state index in [0.29, 0.717) is 0 Å². The lowest BCUT2D eigenvalue weighted by atomic mass is 10.0. The maximum atomic E-state index is 2.27. The van der Waals surface area contributed by atoms with E-state index in [2.05, 4.69) is 90.6 Å². The molecule has 0 unspecified atom stereocenters. The molecular weight excluding hydrogens is 254 g/mol. The normalized spacial score (nSPS) is 11.1. The van der Waals surface area contributed by atoms with Crippen LogP contribution in [-0.2, 0) is 7.05 Å². The molecular formula is C20H16N+. The first-order chi connectivity index (χ1) is 10.3. The summed E-state index contributed by atoms with van der Waals surface area (Å²) < 4.78 is 2.20. The highest BCUT2D eigenvalue weighted by Crippen LogP contribution is 2.27. The fraction of sp³-hybridized carbons (Fsp3) is 0.0500. The van der Waals surface area contributed by atoms with Crippen molar-refractivity contribution in [3.05, 3.63) is 79.0 Å². The van der Waals surface area contributed by atoms with Crippen LogP contribution in [0.15, 0.2) is 79.0 Å². The fourth-order valence-corrected chi connectivity index (χ4v) is 3.01. The number of pyridine rings is 1. The van der Waals surface area contributed by atoms with E-state index in [1.54, 1.807) is 0 Å². The van der Waals surface area contributed by atoms with E-state index in [1.165, 1.54) is 32.8 Å². The second-order valence-electron chi connectivity index (χ2n) is 5.42. The highest BCUT2D eigenvalue weighted by atomic mass is 14.9. The average Bonchev–Trinajstić information content (AvgIpc) is 2.54. The van der Waals surface area contributed by atoms with Crippen LogP contribution in [0.3, 0.4) is 0 Å². The molecule has 0 amide bonds. The van der Waals surface area contributed by atoms with Gasteiger partial charge in [-0.05, 0) is 34.4 Å². The minimum atomic E-state index is 1.26. The Morgan fingerprint density at radius 2 is 1.38 bits per heavy atom. The highest BCUT2D eigenvalue weighted by molar-refractivity contribution is 5.95. The Morgan fingerprint density at radius 3 is 2.24 bits per heavy atom. The van der Waals surface area contributed by atoms with E-state index in [-0.39, 0.29) is 0 Å². The van der Waals surface area contributed by atoms with Gasteiger partial charge in [0, 0.05) is 11.6 Å². The van der Waals surface area contributed by atoms with Gasteiger partial charge in [-0.3, -0.25) is 0 Å². The first kappa shape index (κ1) is 12.1. The van der Waals surface area contributed by atoms with Gasteiger partial charge in [-0.25, -0.2) is 4.57 Å². The van der Waals surface area contributed by atoms with Crippen LogP contribution < -0.4 is 4.57 Å². The third kappa shape index (κ3) is 1.98. The first-order valence-electron chi connectivity index (χ1n) is 7.19. The number of fused-ring (bicyclic) bond motifs is 2. The molecule has 21 heavy (non-hydrogen) atoms. The average molecular weight is 270 g/mol. The monoisotopic (exact) mass is 270 g/mol. The minimum Gasteiger partial charge on any atom is -0.200 e. The molecule has 0 spiro atoms. The first-order valence-corrected chi connectivity index (χ1v) is 7.19. The minimum absolute atomic E-state index is 1.26. The van der Waals surface area contributed by atoms with Crippen molar-refractivity contribution < 1.29 is 4.57 Å². The number of hydrogen-bond donors (Lipinski definition) is 0. The van der Waals surface area contributed by atoms with Crippen LogP contribution in [0.2, 0.25) is 0 Å². The lowest BCUT2D eigenvalue weighted by Crippen LogP contribution is -2.30. The number of nitrogens with zero attached hydrogens (tertiary/aromatic N) is 1. The van der Waals surface area contributed by atoms with Crippen LogP contribution in [0.25, 0.3) is 32.8 Å². The summed E-state index contributed by atoms with van der Waals surface area (Å²) in [6.45, 7) is 0. The molecule has 100 valence electrons. The van der Waals surface area contributed by atoms with Crippen LogP contribution in [0.5, 0.6) is 0 Å². The van der Waals surface area contributed by atoms with Crippen molar-refractivity contribution in [3.8, 4) is 11.3 Å². The zero-order valence-corrected chi connectivity index (χ0v) is 12.0. The van der Waals surface area contributed by atoms with Gasteiger partial charge in [0.2, 0.25) is 5.69 Å². The third-order valence-electron chi connectivity index (χ3n) is 4.07. The van der Waals surface area contributed by atoms with E-state index in [9.17, 15) is 0 Å². The molecule has 1 aromatic heterocycles. The van der Waals surface area contributed by atoms with Crippen molar-refractivity contribution in [2.45, 2.75) is 0 Å². The zero-order valence-electron chi connectivity index (χ0n) is 12.0. The summed E-state index contributed by atoms with van der Waals surface area (Å²) in [5.41, 5.74) is 2.52. The van der Waals surface area contributed by atoms with Gasteiger partial charge in [-0.2, -0.15) is 0 Å². The molecule has 3 aromatic carbocycles. The van der Waals surface area contributed by atoms with Gasteiger partial charge in [0.15, 0.2) is 6.20 Å². The van der Waals surface area contributed by atoms with Gasteiger partial charge in [-0.1, -0.05) is 48.5 Å². The van der Waals surface area contributed by atoms with E-state index in [1.807, 2.05) is 0 Å². The van der Waals surface area contributed by atoms with Gasteiger partial charge in [0.05, 0.1) is 5.39 Å². The van der Waals surface area contributed by atoms with Gasteiger partial charge >= 0.3 is 0 Å². The standard InChI is InChI=1S/C20H16N/c1-21-13-12-16-7-4-5-9-19(16)20(21)18-11-10-15-6-2-3-8-17(15)14-18/h2-14H,1H3/q+1. The molecule has 0 atom stereocenters. The van der Waals surface area contributed by atoms with E-state index in [4.69, 9.17) is 0 Å². The maximum Gasteiger partial charge on any atom is 0.220 e. The predicted octanol–water partition coefficient (Wildman–Crippen LogP) is 4.48. The number of aromatic nitrogens is 1. The van der Waals surface area contributed by atoms with Gasteiger partial charge in [0.25, 0.3) is 0 Å². The lowest BCUT2D eigenvalue weighted by molar-refractivity contribution is -0.659. The Morgan fingerprint density at radius 1 is 0.667 bits per heavy atom. The Bertz CT molecular complexity index is 954. The Balaban J connectivity index is 2.05. The summed E-state index contributed by atoms with van der Waals surface area (Å²) in [5, 5.41) is 5.13. The van der Waals surface area contributed by atoms with Crippen LogP contribution in [0.4, 0.5) is 0 Å². The molecule has 0 saturated carbocycles. The predicted molar refractivity (Wildman–Crippen MR) is 88.1 cm³/mol. The smallest absolute Gasteiger partial charge is 0.200 e. The van der Waals surface area contributed by atoms with Crippen LogP contribution in [0, 0.1) is 0 Å². The highest BCUT2D eigenvalue weighted by Gasteiger charge is 2.14. The van der Waals surface area contributed by atoms with Crippen molar-refractivity contribution in [2.24, 2.45) is 7.05 Å². The maximum absolute atomic E-state index is 2.27. The Labute approximate surface area is 124 Å². The number of rotatable bonds is 1. The van der Waals surface area contributed by atoms with E-state index in [0.717, 1.165) is 0 Å². The third-order valence-corrected chi connectivity index (χ3v) is 4.07. The van der Waals surface area contributed by atoms with Crippen LogP contribution in [0.1, 0.15) is 0 Å². The van der Waals surface area contributed by atoms with Crippen molar-refractivity contribution in [3.63, 3.8) is 0 Å². The number of benzene rings is 3. The SMILES string of the molecule is C[n+]1ccc2ccccc2c1-c1ccc2ccccc2c1. The second-order valence-corrected chi connectivity index (χ2v) is 5.42. The lowest BCUT2D eigenvalue weighted by Gasteiger charge is -2.06. The molecule has 0 saturated heterocycles. The van der Waals surface area contributed by atoms with Gasteiger partial charge in [-0.15, -0.1) is 0 Å². The van der Waals surface area contributed by atoms with Crippen LogP contribution >= 0.6 is 0 Å². The summed E-state index contributed by atoms with van der Waals surface area (Å²) in [4.78, 5) is 0. The summed E-state index contributed by atoms with van der Waals surface area (Å²) >= 11 is 0. The van der Waals surface area contributed by atoms with Gasteiger partial charge in [0.1, 0.15) is 7.05 Å². The zero-order chi connectivity index (χ0) is 14.2. The second kappa shape index (κ2) is 4.71. The molecule has 1 nitrogen and oxygen atoms in total. The number of aryl methyl sites for hydroxylation is 1. The molecule has 4 rings (SSSR count). The molecule has 0 radical (unpaired) electrons. The molecule has 1 heteroatoms. The van der Waals surface area contributed by atoms with Crippen molar-refractivity contribution in [2.75, 3.05) is 0 Å². The molecule has 4 aromatic rings. The van der Waals surface area contributed by atoms with E-state index >= 15 is 0 Å². The molecule has 0 aliphatic heterocycles. The molecule has 0 aliphatic rings. The molecule has 0 aliphatic carbocycles. The summed E-state index contributed by atoms with van der Waals surface area (Å²) in [6.07, 6.45) is 2.13. The molecule has 1 heterocycles. The van der Waals surface area contributed by atoms with Crippen molar-refractivity contribution in [1.29, 1.82) is 0 Å².